The van der Waals surface area contributed by atoms with Gasteiger partial charge in [0.15, 0.2) is 0 Å². The van der Waals surface area contributed by atoms with Gasteiger partial charge >= 0.3 is 0 Å². The summed E-state index contributed by atoms with van der Waals surface area (Å²) in [6, 6.07) is 0. The second kappa shape index (κ2) is 6.34. The lowest BCUT2D eigenvalue weighted by molar-refractivity contribution is -0.144. The third kappa shape index (κ3) is 3.07. The molecule has 21 heavy (non-hydrogen) atoms. The molecule has 5 heteroatoms. The van der Waals surface area contributed by atoms with Crippen LogP contribution in [0.3, 0.4) is 0 Å². The molecule has 1 atom stereocenters. The molecule has 120 valence electrons. The van der Waals surface area contributed by atoms with Gasteiger partial charge in [-0.1, -0.05) is 13.3 Å². The topological polar surface area (TPSA) is 61.4 Å². The molecule has 0 aromatic carbocycles. The summed E-state index contributed by atoms with van der Waals surface area (Å²) in [6.45, 7) is 7.23. The van der Waals surface area contributed by atoms with Gasteiger partial charge < -0.3 is 15.5 Å². The number of rotatable bonds is 4. The zero-order chi connectivity index (χ0) is 15.5. The van der Waals surface area contributed by atoms with E-state index in [1.54, 1.807) is 7.05 Å². The molecule has 0 aromatic heterocycles. The van der Waals surface area contributed by atoms with Gasteiger partial charge in [0.2, 0.25) is 11.8 Å². The third-order valence-corrected chi connectivity index (χ3v) is 5.28. The van der Waals surface area contributed by atoms with E-state index < -0.39 is 5.41 Å². The summed E-state index contributed by atoms with van der Waals surface area (Å²) in [5.41, 5.74) is -0.626. The first-order chi connectivity index (χ1) is 9.97. The van der Waals surface area contributed by atoms with Crippen molar-refractivity contribution < 1.29 is 9.59 Å². The molecule has 0 bridgehead atoms. The second-order valence-corrected chi connectivity index (χ2v) is 6.90. The van der Waals surface area contributed by atoms with Gasteiger partial charge in [0.1, 0.15) is 0 Å². The van der Waals surface area contributed by atoms with E-state index in [0.717, 1.165) is 45.2 Å². The number of hydrogen-bond acceptors (Lipinski definition) is 3. The fraction of sp³-hybridized carbons (Fsp3) is 0.875. The van der Waals surface area contributed by atoms with Gasteiger partial charge in [-0.15, -0.1) is 0 Å². The van der Waals surface area contributed by atoms with E-state index in [9.17, 15) is 9.59 Å². The fourth-order valence-electron chi connectivity index (χ4n) is 3.91. The maximum atomic E-state index is 13.1. The van der Waals surface area contributed by atoms with Crippen LogP contribution in [0.5, 0.6) is 0 Å². The molecule has 0 aliphatic carbocycles. The van der Waals surface area contributed by atoms with E-state index in [-0.39, 0.29) is 17.2 Å². The Morgan fingerprint density at radius 1 is 1.24 bits per heavy atom. The Kier molecular flexibility index (Phi) is 4.91. The Labute approximate surface area is 127 Å². The van der Waals surface area contributed by atoms with Crippen LogP contribution in [0.1, 0.15) is 46.0 Å². The summed E-state index contributed by atoms with van der Waals surface area (Å²) in [7, 11) is 1.67. The van der Waals surface area contributed by atoms with Crippen molar-refractivity contribution in [3.63, 3.8) is 0 Å². The first kappa shape index (κ1) is 16.3. The minimum Gasteiger partial charge on any atom is -0.359 e. The molecule has 2 heterocycles. The lowest BCUT2D eigenvalue weighted by Crippen LogP contribution is -2.49. The molecule has 0 radical (unpaired) electrons. The molecule has 2 rings (SSSR count). The van der Waals surface area contributed by atoms with Crippen LogP contribution in [-0.4, -0.2) is 49.9 Å². The van der Waals surface area contributed by atoms with Gasteiger partial charge in [0, 0.05) is 20.1 Å². The van der Waals surface area contributed by atoms with E-state index in [2.05, 4.69) is 17.6 Å². The van der Waals surface area contributed by atoms with Crippen LogP contribution in [-0.2, 0) is 9.59 Å². The average molecular weight is 295 g/mol. The molecule has 2 saturated heterocycles. The van der Waals surface area contributed by atoms with Crippen LogP contribution in [0.2, 0.25) is 0 Å². The molecular formula is C16H29N3O2. The quantitative estimate of drug-likeness (QED) is 0.817. The Morgan fingerprint density at radius 2 is 1.90 bits per heavy atom. The van der Waals surface area contributed by atoms with Crippen molar-refractivity contribution in [2.45, 2.75) is 46.0 Å². The van der Waals surface area contributed by atoms with Crippen LogP contribution < -0.4 is 10.6 Å². The Balaban J connectivity index is 2.10. The van der Waals surface area contributed by atoms with Crippen molar-refractivity contribution >= 4 is 11.8 Å². The summed E-state index contributed by atoms with van der Waals surface area (Å²) in [5.74, 6) is 0.325. The highest BCUT2D eigenvalue weighted by molar-refractivity contribution is 5.87. The predicted octanol–water partition coefficient (Wildman–Crippen LogP) is 1.14. The molecule has 0 spiro atoms. The highest BCUT2D eigenvalue weighted by atomic mass is 16.2. The van der Waals surface area contributed by atoms with Crippen molar-refractivity contribution in [1.29, 1.82) is 0 Å². The minimum atomic E-state index is -0.426. The number of nitrogens with zero attached hydrogens (tertiary/aromatic N) is 1. The van der Waals surface area contributed by atoms with Gasteiger partial charge in [0.25, 0.3) is 0 Å². The molecule has 0 aromatic rings. The first-order valence-electron chi connectivity index (χ1n) is 8.20. The maximum absolute atomic E-state index is 13.1. The lowest BCUT2D eigenvalue weighted by atomic mass is 9.74. The number of likely N-dealkylation sites (tertiary alicyclic amines) is 1. The van der Waals surface area contributed by atoms with Crippen molar-refractivity contribution in [2.75, 3.05) is 33.2 Å². The zero-order valence-electron chi connectivity index (χ0n) is 13.6. The van der Waals surface area contributed by atoms with E-state index in [4.69, 9.17) is 0 Å². The van der Waals surface area contributed by atoms with Crippen LogP contribution in [0, 0.1) is 10.8 Å². The SMILES string of the molecule is CCCC1(C(=O)N2CCC(C)(C(=O)NC)C2)CCNCC1. The number of amides is 2. The summed E-state index contributed by atoms with van der Waals surface area (Å²) in [5, 5.41) is 6.09. The van der Waals surface area contributed by atoms with Gasteiger partial charge in [-0.2, -0.15) is 0 Å². The van der Waals surface area contributed by atoms with Gasteiger partial charge in [0.05, 0.1) is 10.8 Å². The number of piperidine rings is 1. The lowest BCUT2D eigenvalue weighted by Gasteiger charge is -2.39. The Morgan fingerprint density at radius 3 is 2.48 bits per heavy atom. The maximum Gasteiger partial charge on any atom is 0.228 e. The highest BCUT2D eigenvalue weighted by Gasteiger charge is 2.47. The third-order valence-electron chi connectivity index (χ3n) is 5.28. The molecular weight excluding hydrogens is 266 g/mol. The predicted molar refractivity (Wildman–Crippen MR) is 82.8 cm³/mol. The molecule has 2 aliphatic rings. The normalized spacial score (nSPS) is 28.4. The molecule has 2 amide bonds. The molecule has 0 saturated carbocycles. The monoisotopic (exact) mass is 295 g/mol. The van der Waals surface area contributed by atoms with Crippen LogP contribution >= 0.6 is 0 Å². The van der Waals surface area contributed by atoms with E-state index in [1.807, 2.05) is 11.8 Å². The molecule has 5 nitrogen and oxygen atoms in total. The summed E-state index contributed by atoms with van der Waals surface area (Å²) in [4.78, 5) is 27.0. The van der Waals surface area contributed by atoms with E-state index in [0.29, 0.717) is 13.1 Å². The van der Waals surface area contributed by atoms with E-state index >= 15 is 0 Å². The van der Waals surface area contributed by atoms with E-state index in [1.165, 1.54) is 0 Å². The van der Waals surface area contributed by atoms with Crippen LogP contribution in [0.4, 0.5) is 0 Å². The molecule has 2 fully saturated rings. The summed E-state index contributed by atoms with van der Waals surface area (Å²) >= 11 is 0. The molecule has 2 aliphatic heterocycles. The van der Waals surface area contributed by atoms with Gasteiger partial charge in [-0.3, -0.25) is 9.59 Å². The standard InChI is InChI=1S/C16H29N3O2/c1-4-5-16(6-9-18-10-7-16)14(21)19-11-8-15(2,12-19)13(20)17-3/h18H,4-12H2,1-3H3,(H,17,20). The number of hydrogen-bond donors (Lipinski definition) is 2. The zero-order valence-corrected chi connectivity index (χ0v) is 13.6. The average Bonchev–Trinajstić information content (AvgIpc) is 2.90. The van der Waals surface area contributed by atoms with Crippen molar-refractivity contribution in [3.05, 3.63) is 0 Å². The minimum absolute atomic E-state index is 0.0488. The van der Waals surface area contributed by atoms with Crippen LogP contribution in [0.15, 0.2) is 0 Å². The summed E-state index contributed by atoms with van der Waals surface area (Å²) in [6.07, 6.45) is 4.60. The second-order valence-electron chi connectivity index (χ2n) is 6.90. The van der Waals surface area contributed by atoms with Crippen molar-refractivity contribution in [3.8, 4) is 0 Å². The van der Waals surface area contributed by atoms with Crippen molar-refractivity contribution in [1.82, 2.24) is 15.5 Å². The summed E-state index contributed by atoms with van der Waals surface area (Å²) < 4.78 is 0. The largest absolute Gasteiger partial charge is 0.359 e. The van der Waals surface area contributed by atoms with Gasteiger partial charge in [-0.05, 0) is 45.7 Å². The highest BCUT2D eigenvalue weighted by Crippen LogP contribution is 2.39. The van der Waals surface area contributed by atoms with Crippen molar-refractivity contribution in [2.24, 2.45) is 10.8 Å². The van der Waals surface area contributed by atoms with Crippen LogP contribution in [0.25, 0.3) is 0 Å². The molecule has 1 unspecified atom stereocenters. The first-order valence-corrected chi connectivity index (χ1v) is 8.20. The smallest absolute Gasteiger partial charge is 0.228 e. The number of nitrogens with one attached hydrogen (secondary N) is 2. The Hall–Kier alpha value is -1.10. The molecule has 2 N–H and O–H groups in total. The number of carbonyl (C=O) groups is 2. The number of carbonyl (C=O) groups excluding carboxylic acids is 2. The Bertz CT molecular complexity index is 399. The fourth-order valence-corrected chi connectivity index (χ4v) is 3.91. The van der Waals surface area contributed by atoms with Gasteiger partial charge in [-0.25, -0.2) is 0 Å².